The van der Waals surface area contributed by atoms with Gasteiger partial charge in [0.05, 0.1) is 21.9 Å². The molecule has 34 heavy (non-hydrogen) atoms. The Labute approximate surface area is 206 Å². The summed E-state index contributed by atoms with van der Waals surface area (Å²) < 4.78 is 6.21. The van der Waals surface area contributed by atoms with E-state index in [1.807, 2.05) is 0 Å². The average molecular weight is 539 g/mol. The lowest BCUT2D eigenvalue weighted by Crippen LogP contribution is -2.27. The number of ether oxygens (including phenoxy) is 1. The number of esters is 1. The zero-order valence-corrected chi connectivity index (χ0v) is 19.7. The van der Waals surface area contributed by atoms with Gasteiger partial charge in [-0.25, -0.2) is 4.79 Å². The Morgan fingerprint density at radius 1 is 1.00 bits per heavy atom. The molecule has 1 fully saturated rings. The number of non-ortho nitro benzene ring substituents is 1. The molecule has 8 nitrogen and oxygen atoms in total. The highest BCUT2D eigenvalue weighted by atomic mass is 79.9. The molecule has 0 aromatic heterocycles. The Hall–Kier alpha value is -3.76. The minimum absolute atomic E-state index is 0.0188. The van der Waals surface area contributed by atoms with Gasteiger partial charge in [-0.15, -0.1) is 0 Å². The van der Waals surface area contributed by atoms with E-state index in [1.165, 1.54) is 24.3 Å². The quantitative estimate of drug-likeness (QED) is 0.128. The lowest BCUT2D eigenvalue weighted by molar-refractivity contribution is -0.384. The molecule has 0 N–H and O–H groups in total. The third-order valence-electron chi connectivity index (χ3n) is 4.83. The Balaban J connectivity index is 1.42. The fourth-order valence-corrected chi connectivity index (χ4v) is 4.18. The molecule has 170 valence electrons. The van der Waals surface area contributed by atoms with Crippen LogP contribution in [0.3, 0.4) is 0 Å². The number of amides is 2. The molecule has 2 amide bonds. The molecule has 4 rings (SSSR count). The first kappa shape index (κ1) is 23.4. The molecule has 10 heteroatoms. The van der Waals surface area contributed by atoms with Crippen molar-refractivity contribution in [3.8, 4) is 5.75 Å². The van der Waals surface area contributed by atoms with E-state index < -0.39 is 22.0 Å². The van der Waals surface area contributed by atoms with Gasteiger partial charge >= 0.3 is 5.97 Å². The van der Waals surface area contributed by atoms with Crippen molar-refractivity contribution >= 4 is 56.6 Å². The number of imide groups is 1. The van der Waals surface area contributed by atoms with Gasteiger partial charge in [0.2, 0.25) is 0 Å². The zero-order chi connectivity index (χ0) is 24.2. The highest BCUT2D eigenvalue weighted by Gasteiger charge is 2.35. The van der Waals surface area contributed by atoms with Crippen molar-refractivity contribution in [2.75, 3.05) is 0 Å². The fourth-order valence-electron chi connectivity index (χ4n) is 3.08. The van der Waals surface area contributed by atoms with Crippen molar-refractivity contribution < 1.29 is 24.0 Å². The number of hydrogen-bond acceptors (Lipinski definition) is 7. The number of nitro groups is 1. The summed E-state index contributed by atoms with van der Waals surface area (Å²) >= 11 is 4.13. The van der Waals surface area contributed by atoms with Gasteiger partial charge in [0.25, 0.3) is 16.8 Å². The van der Waals surface area contributed by atoms with Crippen LogP contribution in [0.25, 0.3) is 6.08 Å². The van der Waals surface area contributed by atoms with Crippen LogP contribution >= 0.6 is 27.7 Å². The molecule has 0 unspecified atom stereocenters. The first-order chi connectivity index (χ1) is 16.3. The molecule has 3 aromatic rings. The van der Waals surface area contributed by atoms with Crippen molar-refractivity contribution in [2.45, 2.75) is 6.54 Å². The highest BCUT2D eigenvalue weighted by Crippen LogP contribution is 2.33. The number of thioether (sulfide) groups is 1. The number of carbonyl (C=O) groups is 3. The maximum Gasteiger partial charge on any atom is 0.343 e. The molecular formula is C24H15BrN2O6S. The predicted molar refractivity (Wildman–Crippen MR) is 130 cm³/mol. The third-order valence-corrected chi connectivity index (χ3v) is 6.27. The van der Waals surface area contributed by atoms with E-state index in [2.05, 4.69) is 15.9 Å². The summed E-state index contributed by atoms with van der Waals surface area (Å²) in [6.07, 6.45) is 1.58. The third kappa shape index (κ3) is 5.41. The number of nitro benzene ring substituents is 1. The molecule has 1 heterocycles. The van der Waals surface area contributed by atoms with Gasteiger partial charge in [-0.1, -0.05) is 40.2 Å². The largest absolute Gasteiger partial charge is 0.423 e. The van der Waals surface area contributed by atoms with E-state index in [0.29, 0.717) is 22.4 Å². The predicted octanol–water partition coefficient (Wildman–Crippen LogP) is 5.81. The van der Waals surface area contributed by atoms with Gasteiger partial charge in [0.15, 0.2) is 0 Å². The van der Waals surface area contributed by atoms with E-state index in [4.69, 9.17) is 4.74 Å². The van der Waals surface area contributed by atoms with Gasteiger partial charge in [-0.3, -0.25) is 24.6 Å². The molecule has 3 aromatic carbocycles. The second kappa shape index (κ2) is 10.0. The minimum Gasteiger partial charge on any atom is -0.423 e. The summed E-state index contributed by atoms with van der Waals surface area (Å²) in [6.45, 7) is 0.0188. The lowest BCUT2D eigenvalue weighted by atomic mass is 10.2. The van der Waals surface area contributed by atoms with Crippen LogP contribution in [0.15, 0.2) is 82.2 Å². The second-order valence-corrected chi connectivity index (χ2v) is 9.07. The van der Waals surface area contributed by atoms with Crippen LogP contribution in [-0.4, -0.2) is 26.9 Å². The molecule has 0 radical (unpaired) electrons. The molecule has 1 aliphatic heterocycles. The van der Waals surface area contributed by atoms with Gasteiger partial charge in [-0.2, -0.15) is 0 Å². The Morgan fingerprint density at radius 3 is 2.26 bits per heavy atom. The zero-order valence-electron chi connectivity index (χ0n) is 17.3. The van der Waals surface area contributed by atoms with E-state index in [9.17, 15) is 24.5 Å². The SMILES string of the molecule is O=C(Oc1ccc(/C=C2\SC(=O)N(Cc3ccc([N+](=O)[O-])cc3)C2=O)cc1)c1ccc(Br)cc1. The molecular weight excluding hydrogens is 524 g/mol. The van der Waals surface area contributed by atoms with Crippen LogP contribution in [-0.2, 0) is 11.3 Å². The van der Waals surface area contributed by atoms with Crippen molar-refractivity contribution in [1.82, 2.24) is 4.90 Å². The van der Waals surface area contributed by atoms with Crippen LogP contribution in [0.5, 0.6) is 5.75 Å². The van der Waals surface area contributed by atoms with E-state index in [0.717, 1.165) is 21.1 Å². The van der Waals surface area contributed by atoms with Crippen molar-refractivity contribution in [3.63, 3.8) is 0 Å². The fraction of sp³-hybridized carbons (Fsp3) is 0.0417. The van der Waals surface area contributed by atoms with E-state index >= 15 is 0 Å². The number of hydrogen-bond donors (Lipinski definition) is 0. The van der Waals surface area contributed by atoms with Gasteiger partial charge in [0, 0.05) is 16.6 Å². The summed E-state index contributed by atoms with van der Waals surface area (Å²) in [6, 6.07) is 19.0. The smallest absolute Gasteiger partial charge is 0.343 e. The molecule has 1 aliphatic rings. The first-order valence-electron chi connectivity index (χ1n) is 9.87. The Kier molecular flexibility index (Phi) is 6.90. The lowest BCUT2D eigenvalue weighted by Gasteiger charge is -2.12. The van der Waals surface area contributed by atoms with Crippen molar-refractivity contribution in [1.29, 1.82) is 0 Å². The van der Waals surface area contributed by atoms with Crippen LogP contribution in [0, 0.1) is 10.1 Å². The van der Waals surface area contributed by atoms with Crippen molar-refractivity contribution in [3.05, 3.63) is 109 Å². The monoisotopic (exact) mass is 538 g/mol. The van der Waals surface area contributed by atoms with Gasteiger partial charge in [-0.05, 0) is 65.4 Å². The molecule has 0 spiro atoms. The summed E-state index contributed by atoms with van der Waals surface area (Å²) in [5.74, 6) is -0.594. The highest BCUT2D eigenvalue weighted by molar-refractivity contribution is 9.10. The maximum absolute atomic E-state index is 12.7. The summed E-state index contributed by atoms with van der Waals surface area (Å²) in [4.78, 5) is 48.9. The summed E-state index contributed by atoms with van der Waals surface area (Å²) in [5, 5.41) is 10.4. The molecule has 1 saturated heterocycles. The van der Waals surface area contributed by atoms with Crippen LogP contribution < -0.4 is 4.74 Å². The van der Waals surface area contributed by atoms with E-state index in [1.54, 1.807) is 54.6 Å². The number of carbonyl (C=O) groups excluding carboxylic acids is 3. The maximum atomic E-state index is 12.7. The topological polar surface area (TPSA) is 107 Å². The number of nitrogens with zero attached hydrogens (tertiary/aromatic N) is 2. The van der Waals surface area contributed by atoms with Gasteiger partial charge in [0.1, 0.15) is 5.75 Å². The average Bonchev–Trinajstić information content (AvgIpc) is 3.08. The summed E-state index contributed by atoms with van der Waals surface area (Å²) in [7, 11) is 0. The first-order valence-corrected chi connectivity index (χ1v) is 11.5. The molecule has 0 aliphatic carbocycles. The van der Waals surface area contributed by atoms with Crippen LogP contribution in [0.1, 0.15) is 21.5 Å². The van der Waals surface area contributed by atoms with Crippen LogP contribution in [0.4, 0.5) is 10.5 Å². The number of halogens is 1. The Morgan fingerprint density at radius 2 is 1.65 bits per heavy atom. The standard InChI is InChI=1S/C24H15BrN2O6S/c25-18-7-5-17(6-8-18)23(29)33-20-11-3-15(4-12-20)13-21-22(28)26(24(30)34-21)14-16-1-9-19(10-2-16)27(31)32/h1-13H,14H2/b21-13-. The molecule has 0 atom stereocenters. The number of rotatable bonds is 6. The van der Waals surface area contributed by atoms with E-state index in [-0.39, 0.29) is 17.1 Å². The Bertz CT molecular complexity index is 1300. The normalized spacial score (nSPS) is 14.5. The minimum atomic E-state index is -0.514. The van der Waals surface area contributed by atoms with Crippen LogP contribution in [0.2, 0.25) is 0 Å². The second-order valence-electron chi connectivity index (χ2n) is 7.16. The van der Waals surface area contributed by atoms with Crippen molar-refractivity contribution in [2.24, 2.45) is 0 Å². The summed E-state index contributed by atoms with van der Waals surface area (Å²) in [5.41, 5.74) is 1.60. The number of benzene rings is 3. The molecule has 0 bridgehead atoms. The molecule has 0 saturated carbocycles. The van der Waals surface area contributed by atoms with Gasteiger partial charge < -0.3 is 4.74 Å².